The lowest BCUT2D eigenvalue weighted by molar-refractivity contribution is 0.0572. The van der Waals surface area contributed by atoms with Gasteiger partial charge in [-0.1, -0.05) is 11.6 Å². The molecule has 15 heavy (non-hydrogen) atoms. The second-order valence-electron chi connectivity index (χ2n) is 3.44. The van der Waals surface area contributed by atoms with Gasteiger partial charge in [0.05, 0.1) is 12.2 Å². The van der Waals surface area contributed by atoms with Crippen LogP contribution in [0.25, 0.3) is 0 Å². The lowest BCUT2D eigenvalue weighted by atomic mass is 10.3. The number of aliphatic hydroxyl groups excluding tert-OH is 2. The van der Waals surface area contributed by atoms with E-state index in [2.05, 4.69) is 9.97 Å². The molecule has 0 radical (unpaired) electrons. The van der Waals surface area contributed by atoms with Gasteiger partial charge in [0.1, 0.15) is 17.2 Å². The second-order valence-corrected chi connectivity index (χ2v) is 3.81. The quantitative estimate of drug-likeness (QED) is 0.588. The first-order valence-corrected chi connectivity index (χ1v) is 4.84. The molecule has 0 spiro atoms. The van der Waals surface area contributed by atoms with Gasteiger partial charge in [-0.2, -0.15) is 0 Å². The van der Waals surface area contributed by atoms with E-state index in [-0.39, 0.29) is 23.9 Å². The number of nitrogen functional groups attached to an aromatic ring is 1. The average Bonchev–Trinajstić information content (AvgIpc) is 2.51. The van der Waals surface area contributed by atoms with E-state index < -0.39 is 12.2 Å². The van der Waals surface area contributed by atoms with E-state index in [9.17, 15) is 10.2 Å². The molecule has 1 fully saturated rings. The molecule has 4 N–H and O–H groups in total. The summed E-state index contributed by atoms with van der Waals surface area (Å²) in [5, 5.41) is 19.0. The molecule has 2 unspecified atom stereocenters. The summed E-state index contributed by atoms with van der Waals surface area (Å²) >= 11 is 5.91. The molecule has 1 saturated heterocycles. The zero-order valence-electron chi connectivity index (χ0n) is 7.84. The molecule has 1 aliphatic rings. The van der Waals surface area contributed by atoms with Crippen molar-refractivity contribution in [1.29, 1.82) is 0 Å². The molecule has 6 nitrogen and oxygen atoms in total. The summed E-state index contributed by atoms with van der Waals surface area (Å²) in [4.78, 5) is 9.38. The number of anilines is 2. The van der Waals surface area contributed by atoms with Crippen LogP contribution in [-0.4, -0.2) is 45.5 Å². The van der Waals surface area contributed by atoms with Crippen molar-refractivity contribution in [3.05, 3.63) is 11.3 Å². The van der Waals surface area contributed by atoms with Crippen LogP contribution >= 0.6 is 11.6 Å². The monoisotopic (exact) mass is 230 g/mol. The van der Waals surface area contributed by atoms with E-state index in [1.165, 1.54) is 6.33 Å². The van der Waals surface area contributed by atoms with Crippen molar-refractivity contribution in [3.8, 4) is 0 Å². The summed E-state index contributed by atoms with van der Waals surface area (Å²) < 4.78 is 0. The minimum absolute atomic E-state index is 0.192. The van der Waals surface area contributed by atoms with Crippen LogP contribution in [0.5, 0.6) is 0 Å². The minimum Gasteiger partial charge on any atom is -0.389 e. The Labute approximate surface area is 91.3 Å². The molecule has 0 aromatic carbocycles. The smallest absolute Gasteiger partial charge is 0.153 e. The van der Waals surface area contributed by atoms with Crippen LogP contribution in [-0.2, 0) is 0 Å². The van der Waals surface area contributed by atoms with Crippen molar-refractivity contribution in [2.45, 2.75) is 12.2 Å². The van der Waals surface area contributed by atoms with E-state index >= 15 is 0 Å². The van der Waals surface area contributed by atoms with Gasteiger partial charge in [0, 0.05) is 13.1 Å². The highest BCUT2D eigenvalue weighted by atomic mass is 35.5. The Morgan fingerprint density at radius 1 is 1.33 bits per heavy atom. The Balaban J connectivity index is 2.27. The maximum Gasteiger partial charge on any atom is 0.153 e. The summed E-state index contributed by atoms with van der Waals surface area (Å²) in [6.45, 7) is 0.578. The third-order valence-corrected chi connectivity index (χ3v) is 2.72. The molecule has 1 aliphatic heterocycles. The normalized spacial score (nSPS) is 25.9. The van der Waals surface area contributed by atoms with E-state index in [1.807, 2.05) is 0 Å². The summed E-state index contributed by atoms with van der Waals surface area (Å²) in [7, 11) is 0. The third-order valence-electron chi connectivity index (χ3n) is 2.36. The van der Waals surface area contributed by atoms with E-state index in [1.54, 1.807) is 4.90 Å². The van der Waals surface area contributed by atoms with Crippen LogP contribution in [0.1, 0.15) is 0 Å². The first kappa shape index (κ1) is 10.4. The van der Waals surface area contributed by atoms with Gasteiger partial charge in [0.2, 0.25) is 0 Å². The number of aromatic nitrogens is 2. The highest BCUT2D eigenvalue weighted by molar-refractivity contribution is 6.35. The van der Waals surface area contributed by atoms with Crippen LogP contribution in [0.2, 0.25) is 5.02 Å². The lowest BCUT2D eigenvalue weighted by Gasteiger charge is -2.17. The Kier molecular flexibility index (Phi) is 2.64. The van der Waals surface area contributed by atoms with Crippen LogP contribution in [0, 0.1) is 0 Å². The first-order chi connectivity index (χ1) is 7.09. The Morgan fingerprint density at radius 3 is 2.53 bits per heavy atom. The zero-order chi connectivity index (χ0) is 11.0. The number of nitrogens with two attached hydrogens (primary N) is 1. The summed E-state index contributed by atoms with van der Waals surface area (Å²) in [6, 6.07) is 0. The summed E-state index contributed by atoms with van der Waals surface area (Å²) in [5.74, 6) is 0.636. The molecule has 0 saturated carbocycles. The number of nitrogens with zero attached hydrogens (tertiary/aromatic N) is 3. The van der Waals surface area contributed by atoms with Gasteiger partial charge < -0.3 is 20.8 Å². The molecule has 7 heteroatoms. The van der Waals surface area contributed by atoms with Gasteiger partial charge in [-0.3, -0.25) is 0 Å². The van der Waals surface area contributed by atoms with Crippen LogP contribution < -0.4 is 10.6 Å². The third kappa shape index (κ3) is 1.83. The molecule has 0 aliphatic carbocycles. The van der Waals surface area contributed by atoms with Crippen molar-refractivity contribution >= 4 is 23.2 Å². The SMILES string of the molecule is Nc1ncnc(N2CC(O)C(O)C2)c1Cl. The van der Waals surface area contributed by atoms with Gasteiger partial charge in [0.15, 0.2) is 5.82 Å². The van der Waals surface area contributed by atoms with Crippen molar-refractivity contribution in [2.24, 2.45) is 0 Å². The minimum atomic E-state index is -0.780. The van der Waals surface area contributed by atoms with Gasteiger partial charge in [0.25, 0.3) is 0 Å². The number of hydrogen-bond acceptors (Lipinski definition) is 6. The van der Waals surface area contributed by atoms with E-state index in [0.29, 0.717) is 5.82 Å². The van der Waals surface area contributed by atoms with Crippen LogP contribution in [0.15, 0.2) is 6.33 Å². The van der Waals surface area contributed by atoms with Crippen LogP contribution in [0.3, 0.4) is 0 Å². The molecule has 2 rings (SSSR count). The molecular weight excluding hydrogens is 220 g/mol. The second kappa shape index (κ2) is 3.80. The summed E-state index contributed by atoms with van der Waals surface area (Å²) in [6.07, 6.45) is -0.261. The Morgan fingerprint density at radius 2 is 1.93 bits per heavy atom. The predicted octanol–water partition coefficient (Wildman–Crippen LogP) is -0.746. The average molecular weight is 231 g/mol. The Bertz CT molecular complexity index is 366. The maximum absolute atomic E-state index is 9.38. The molecule has 1 aromatic heterocycles. The maximum atomic E-state index is 9.38. The fourth-order valence-corrected chi connectivity index (χ4v) is 1.75. The van der Waals surface area contributed by atoms with E-state index in [0.717, 1.165) is 0 Å². The van der Waals surface area contributed by atoms with Crippen molar-refractivity contribution < 1.29 is 10.2 Å². The fraction of sp³-hybridized carbons (Fsp3) is 0.500. The standard InChI is InChI=1S/C8H11ClN4O2/c9-6-7(10)11-3-12-8(6)13-1-4(14)5(15)2-13/h3-5,14-15H,1-2H2,(H2,10,11,12). The van der Waals surface area contributed by atoms with E-state index in [4.69, 9.17) is 17.3 Å². The lowest BCUT2D eigenvalue weighted by Crippen LogP contribution is -2.23. The highest BCUT2D eigenvalue weighted by Crippen LogP contribution is 2.29. The fourth-order valence-electron chi connectivity index (χ4n) is 1.54. The highest BCUT2D eigenvalue weighted by Gasteiger charge is 2.31. The molecule has 2 heterocycles. The molecule has 0 amide bonds. The molecule has 82 valence electrons. The number of β-amino-alcohol motifs (C(OH)–C–C–N with tert-alkyl or cyclic N) is 2. The first-order valence-electron chi connectivity index (χ1n) is 4.46. The van der Waals surface area contributed by atoms with Gasteiger partial charge in [-0.15, -0.1) is 0 Å². The molecular formula is C8H11ClN4O2. The molecule has 2 atom stereocenters. The van der Waals surface area contributed by atoms with Crippen LogP contribution in [0.4, 0.5) is 11.6 Å². The largest absolute Gasteiger partial charge is 0.389 e. The van der Waals surface area contributed by atoms with Gasteiger partial charge in [-0.05, 0) is 0 Å². The van der Waals surface area contributed by atoms with Gasteiger partial charge >= 0.3 is 0 Å². The Hall–Kier alpha value is -1.11. The topological polar surface area (TPSA) is 95.5 Å². The van der Waals surface area contributed by atoms with Crippen molar-refractivity contribution in [2.75, 3.05) is 23.7 Å². The number of hydrogen-bond donors (Lipinski definition) is 3. The summed E-state index contributed by atoms with van der Waals surface area (Å²) in [5.41, 5.74) is 5.52. The molecule has 1 aromatic rings. The molecule has 0 bridgehead atoms. The number of rotatable bonds is 1. The van der Waals surface area contributed by atoms with Crippen molar-refractivity contribution in [3.63, 3.8) is 0 Å². The predicted molar refractivity (Wildman–Crippen MR) is 55.7 cm³/mol. The zero-order valence-corrected chi connectivity index (χ0v) is 8.59. The number of aliphatic hydroxyl groups is 2. The number of halogens is 1. The van der Waals surface area contributed by atoms with Gasteiger partial charge in [-0.25, -0.2) is 9.97 Å². The van der Waals surface area contributed by atoms with Crippen molar-refractivity contribution in [1.82, 2.24) is 9.97 Å².